The van der Waals surface area contributed by atoms with E-state index in [0.717, 1.165) is 64.2 Å². The van der Waals surface area contributed by atoms with Crippen molar-refractivity contribution >= 4 is 11.9 Å². The maximum Gasteiger partial charge on any atom is 0.306 e. The number of carbonyl (C=O) groups is 2. The highest BCUT2D eigenvalue weighted by Gasteiger charge is 2.25. The van der Waals surface area contributed by atoms with Gasteiger partial charge in [-0.3, -0.25) is 9.59 Å². The van der Waals surface area contributed by atoms with Crippen LogP contribution in [0.3, 0.4) is 0 Å². The van der Waals surface area contributed by atoms with Crippen molar-refractivity contribution in [3.05, 3.63) is 36.5 Å². The first-order valence-corrected chi connectivity index (χ1v) is 12.1. The fraction of sp³-hybridized carbons (Fsp3) is 0.692. The molecule has 0 aromatic rings. The Morgan fingerprint density at radius 2 is 1.43 bits per heavy atom. The normalized spacial score (nSPS) is 19.8. The van der Waals surface area contributed by atoms with Crippen molar-refractivity contribution in [2.75, 3.05) is 6.54 Å². The smallest absolute Gasteiger partial charge is 0.306 e. The van der Waals surface area contributed by atoms with Crippen molar-refractivity contribution in [1.29, 1.82) is 0 Å². The van der Waals surface area contributed by atoms with Crippen LogP contribution in [0.1, 0.15) is 96.8 Å². The lowest BCUT2D eigenvalue weighted by Crippen LogP contribution is -2.32. The third-order valence-corrected chi connectivity index (χ3v) is 5.84. The maximum absolute atomic E-state index is 12.0. The minimum atomic E-state index is -0.670. The topological polar surface area (TPSA) is 66.4 Å². The first-order chi connectivity index (χ1) is 14.6. The molecule has 1 aliphatic rings. The quantitative estimate of drug-likeness (QED) is 0.220. The van der Waals surface area contributed by atoms with Crippen LogP contribution < -0.4 is 5.32 Å². The first kappa shape index (κ1) is 26.2. The van der Waals surface area contributed by atoms with Gasteiger partial charge in [-0.2, -0.15) is 0 Å². The van der Waals surface area contributed by atoms with E-state index in [9.17, 15) is 9.59 Å². The van der Waals surface area contributed by atoms with Gasteiger partial charge in [0, 0.05) is 13.0 Å². The summed E-state index contributed by atoms with van der Waals surface area (Å²) in [6.07, 6.45) is 27.4. The van der Waals surface area contributed by atoms with Gasteiger partial charge in [0.1, 0.15) is 0 Å². The molecule has 0 aliphatic heterocycles. The van der Waals surface area contributed by atoms with Gasteiger partial charge in [-0.15, -0.1) is 0 Å². The van der Waals surface area contributed by atoms with E-state index in [0.29, 0.717) is 18.9 Å². The van der Waals surface area contributed by atoms with Crippen LogP contribution in [0, 0.1) is 11.8 Å². The molecule has 1 saturated carbocycles. The number of nitrogens with one attached hydrogen (secondary N) is 1. The van der Waals surface area contributed by atoms with Gasteiger partial charge in [-0.25, -0.2) is 0 Å². The van der Waals surface area contributed by atoms with E-state index in [1.54, 1.807) is 0 Å². The van der Waals surface area contributed by atoms with Crippen molar-refractivity contribution < 1.29 is 14.7 Å². The molecule has 0 aromatic heterocycles. The molecular formula is C26H43NO3. The number of hydrogen-bond acceptors (Lipinski definition) is 2. The fourth-order valence-corrected chi connectivity index (χ4v) is 3.86. The van der Waals surface area contributed by atoms with Crippen LogP contribution in [-0.4, -0.2) is 23.5 Å². The van der Waals surface area contributed by atoms with Crippen molar-refractivity contribution in [2.24, 2.45) is 11.8 Å². The summed E-state index contributed by atoms with van der Waals surface area (Å²) in [4.78, 5) is 22.9. The number of amides is 1. The molecule has 0 aromatic carbocycles. The van der Waals surface area contributed by atoms with Crippen LogP contribution in [0.4, 0.5) is 0 Å². The highest BCUT2D eigenvalue weighted by molar-refractivity contribution is 5.75. The monoisotopic (exact) mass is 417 g/mol. The predicted octanol–water partition coefficient (Wildman–Crippen LogP) is 6.58. The van der Waals surface area contributed by atoms with E-state index in [1.807, 2.05) is 0 Å². The summed E-state index contributed by atoms with van der Waals surface area (Å²) < 4.78 is 0. The molecule has 0 atom stereocenters. The molecule has 0 radical (unpaired) electrons. The van der Waals surface area contributed by atoms with Crippen LogP contribution in [-0.2, 0) is 9.59 Å². The van der Waals surface area contributed by atoms with E-state index in [4.69, 9.17) is 5.11 Å². The zero-order chi connectivity index (χ0) is 21.9. The summed E-state index contributed by atoms with van der Waals surface area (Å²) in [6.45, 7) is 2.86. The minimum absolute atomic E-state index is 0.150. The number of aliphatic carboxylic acids is 1. The molecule has 0 saturated heterocycles. The van der Waals surface area contributed by atoms with Gasteiger partial charge >= 0.3 is 5.97 Å². The van der Waals surface area contributed by atoms with Gasteiger partial charge in [0.2, 0.25) is 5.91 Å². The van der Waals surface area contributed by atoms with Crippen molar-refractivity contribution in [3.63, 3.8) is 0 Å². The largest absolute Gasteiger partial charge is 0.481 e. The standard InChI is InChI=1S/C26H43NO3/c1-2-3-4-5-6-7-8-9-10-11-12-13-14-15-16-17-25(28)27-22-23-18-20-24(21-19-23)26(29)30/h3-4,6-7,9-10,23-24H,2,5,8,11-22H2,1H3,(H,27,28)(H,29,30)/b4-3-,7-6-,10-9-. The van der Waals surface area contributed by atoms with E-state index >= 15 is 0 Å². The Balaban J connectivity index is 1.88. The summed E-state index contributed by atoms with van der Waals surface area (Å²) >= 11 is 0. The SMILES string of the molecule is CC/C=C\C/C=C\C/C=C\CCCCCCCC(=O)NCC1CCC(C(=O)O)CC1. The molecule has 1 aliphatic carbocycles. The number of hydrogen-bond donors (Lipinski definition) is 2. The first-order valence-electron chi connectivity index (χ1n) is 12.1. The lowest BCUT2D eigenvalue weighted by Gasteiger charge is -2.26. The number of carbonyl (C=O) groups excluding carboxylic acids is 1. The second-order valence-electron chi connectivity index (χ2n) is 8.46. The Morgan fingerprint density at radius 1 is 0.833 bits per heavy atom. The molecule has 1 rings (SSSR count). The second kappa shape index (κ2) is 18.0. The van der Waals surface area contributed by atoms with Gasteiger partial charge in [0.15, 0.2) is 0 Å². The Hall–Kier alpha value is -1.84. The molecule has 1 amide bonds. The molecule has 4 nitrogen and oxygen atoms in total. The van der Waals surface area contributed by atoms with Crippen LogP contribution in [0.25, 0.3) is 0 Å². The highest BCUT2D eigenvalue weighted by atomic mass is 16.4. The summed E-state index contributed by atoms with van der Waals surface area (Å²) in [6, 6.07) is 0. The molecule has 1 fully saturated rings. The molecule has 0 bridgehead atoms. The third-order valence-electron chi connectivity index (χ3n) is 5.84. The lowest BCUT2D eigenvalue weighted by molar-refractivity contribution is -0.143. The zero-order valence-corrected chi connectivity index (χ0v) is 19.0. The van der Waals surface area contributed by atoms with Crippen molar-refractivity contribution in [2.45, 2.75) is 96.8 Å². The van der Waals surface area contributed by atoms with Crippen LogP contribution in [0.2, 0.25) is 0 Å². The van der Waals surface area contributed by atoms with Crippen molar-refractivity contribution in [3.8, 4) is 0 Å². The van der Waals surface area contributed by atoms with E-state index in [1.165, 1.54) is 19.3 Å². The van der Waals surface area contributed by atoms with Gasteiger partial charge in [0.05, 0.1) is 5.92 Å². The van der Waals surface area contributed by atoms with Gasteiger partial charge in [0.25, 0.3) is 0 Å². The fourth-order valence-electron chi connectivity index (χ4n) is 3.86. The van der Waals surface area contributed by atoms with Crippen LogP contribution in [0.15, 0.2) is 36.5 Å². The summed E-state index contributed by atoms with van der Waals surface area (Å²) in [7, 11) is 0. The molecule has 0 spiro atoms. The average molecular weight is 418 g/mol. The molecular weight excluding hydrogens is 374 g/mol. The maximum atomic E-state index is 12.0. The molecule has 2 N–H and O–H groups in total. The van der Waals surface area contributed by atoms with E-state index < -0.39 is 5.97 Å². The third kappa shape index (κ3) is 14.2. The summed E-state index contributed by atoms with van der Waals surface area (Å²) in [5, 5.41) is 12.1. The summed E-state index contributed by atoms with van der Waals surface area (Å²) in [5.41, 5.74) is 0. The number of unbranched alkanes of at least 4 members (excludes halogenated alkanes) is 5. The highest BCUT2D eigenvalue weighted by Crippen LogP contribution is 2.28. The minimum Gasteiger partial charge on any atom is -0.481 e. The second-order valence-corrected chi connectivity index (χ2v) is 8.46. The Morgan fingerprint density at radius 3 is 2.10 bits per heavy atom. The summed E-state index contributed by atoms with van der Waals surface area (Å²) in [5.74, 6) is -0.249. The number of carboxylic acids is 1. The van der Waals surface area contributed by atoms with E-state index in [-0.39, 0.29) is 11.8 Å². The molecule has 0 unspecified atom stereocenters. The molecule has 30 heavy (non-hydrogen) atoms. The molecule has 4 heteroatoms. The number of rotatable bonds is 16. The predicted molar refractivity (Wildman–Crippen MR) is 125 cm³/mol. The Labute approximate surface area is 183 Å². The van der Waals surface area contributed by atoms with E-state index in [2.05, 4.69) is 48.7 Å². The van der Waals surface area contributed by atoms with Crippen molar-refractivity contribution in [1.82, 2.24) is 5.32 Å². The number of allylic oxidation sites excluding steroid dienone is 6. The van der Waals surface area contributed by atoms with Crippen LogP contribution >= 0.6 is 0 Å². The Kier molecular flexibility index (Phi) is 15.7. The number of carboxylic acid groups (broad SMARTS) is 1. The lowest BCUT2D eigenvalue weighted by atomic mass is 9.82. The van der Waals surface area contributed by atoms with Gasteiger partial charge in [-0.05, 0) is 70.1 Å². The van der Waals surface area contributed by atoms with Gasteiger partial charge in [-0.1, -0.05) is 62.6 Å². The zero-order valence-electron chi connectivity index (χ0n) is 19.0. The Bertz CT molecular complexity index is 542. The average Bonchev–Trinajstić information content (AvgIpc) is 2.75. The van der Waals surface area contributed by atoms with Gasteiger partial charge < -0.3 is 10.4 Å². The molecule has 170 valence electrons. The molecule has 0 heterocycles. The van der Waals surface area contributed by atoms with Crippen LogP contribution in [0.5, 0.6) is 0 Å².